The van der Waals surface area contributed by atoms with Crippen molar-refractivity contribution >= 4 is 5.97 Å². The lowest BCUT2D eigenvalue weighted by atomic mass is 10.0. The summed E-state index contributed by atoms with van der Waals surface area (Å²) in [6.07, 6.45) is 39.5. The molecule has 0 unspecified atom stereocenters. The van der Waals surface area contributed by atoms with E-state index in [1.54, 1.807) is 0 Å². The van der Waals surface area contributed by atoms with E-state index < -0.39 is 0 Å². The number of hydrogen-bond donors (Lipinski definition) is 0. The highest BCUT2D eigenvalue weighted by atomic mass is 16.6. The van der Waals surface area contributed by atoms with Gasteiger partial charge in [0.15, 0.2) is 0 Å². The van der Waals surface area contributed by atoms with Gasteiger partial charge in [0.25, 0.3) is 0 Å². The summed E-state index contributed by atoms with van der Waals surface area (Å²) < 4.78 is 60.8. The maximum absolute atomic E-state index is 11.9. The second kappa shape index (κ2) is 62.1. The third-order valence-corrected chi connectivity index (χ3v) is 11.5. The zero-order valence-corrected chi connectivity index (χ0v) is 43.5. The molecule has 0 aliphatic carbocycles. The molecule has 12 heteroatoms. The molecule has 0 heterocycles. The summed E-state index contributed by atoms with van der Waals surface area (Å²) in [5.74, 6) is -0.127. The Morgan fingerprint density at radius 2 is 0.394 bits per heavy atom. The van der Waals surface area contributed by atoms with Crippen LogP contribution in [0.5, 0.6) is 0 Å². The topological polar surface area (TPSA) is 119 Å². The summed E-state index contributed by atoms with van der Waals surface area (Å²) >= 11 is 0. The van der Waals surface area contributed by atoms with Crippen molar-refractivity contribution in [3.8, 4) is 0 Å². The molecule has 396 valence electrons. The molecule has 0 aliphatic heterocycles. The molecule has 0 aromatic rings. The predicted molar refractivity (Wildman–Crippen MR) is 269 cm³/mol. The Balaban J connectivity index is 3.12. The van der Waals surface area contributed by atoms with E-state index in [9.17, 15) is 4.79 Å². The van der Waals surface area contributed by atoms with Crippen molar-refractivity contribution in [2.45, 2.75) is 206 Å². The highest BCUT2D eigenvalue weighted by molar-refractivity contribution is 5.69. The molecule has 0 N–H and O–H groups in total. The van der Waals surface area contributed by atoms with Gasteiger partial charge >= 0.3 is 5.97 Å². The largest absolute Gasteiger partial charge is 0.463 e. The lowest BCUT2D eigenvalue weighted by Gasteiger charge is -2.09. The van der Waals surface area contributed by atoms with Crippen LogP contribution in [-0.4, -0.2) is 145 Å². The standard InChI is InChI=1S/C54H108O12/c1-3-5-7-9-11-13-15-17-19-20-22-24-26-28-30-32-54(55)66-53-52-65-51-50-64-49-48-63-47-46-62-45-44-61-43-42-60-41-40-59-39-38-58-37-36-57-35-34-56-33-31-29-27-25-23-21-18-16-14-12-10-8-6-4-2/h3-53H2,1-2H3. The second-order valence-electron chi connectivity index (χ2n) is 17.6. The van der Waals surface area contributed by atoms with E-state index in [1.807, 2.05) is 0 Å². The molecule has 12 nitrogen and oxygen atoms in total. The predicted octanol–water partition coefficient (Wildman–Crippen LogP) is 12.4. The minimum atomic E-state index is -0.127. The molecular formula is C54H108O12. The van der Waals surface area contributed by atoms with Crippen LogP contribution in [0.4, 0.5) is 0 Å². The number of carbonyl (C=O) groups is 1. The van der Waals surface area contributed by atoms with Gasteiger partial charge < -0.3 is 52.1 Å². The van der Waals surface area contributed by atoms with Gasteiger partial charge in [0.2, 0.25) is 0 Å². The Morgan fingerprint density at radius 3 is 0.636 bits per heavy atom. The Labute approximate surface area is 406 Å². The SMILES string of the molecule is CCCCCCCCCCCCCCCCCC(=O)OCCOCCOCCOCCOCCOCCOCCOCCOCCOCCOCCCCCCCCCCCCCCCC. The van der Waals surface area contributed by atoms with Crippen LogP contribution in [0.1, 0.15) is 206 Å². The minimum Gasteiger partial charge on any atom is -0.463 e. The van der Waals surface area contributed by atoms with Crippen molar-refractivity contribution in [2.75, 3.05) is 139 Å². The van der Waals surface area contributed by atoms with E-state index in [2.05, 4.69) is 13.8 Å². The number of hydrogen-bond acceptors (Lipinski definition) is 12. The highest BCUT2D eigenvalue weighted by Gasteiger charge is 2.03. The van der Waals surface area contributed by atoms with Gasteiger partial charge in [0.05, 0.1) is 126 Å². The number of carbonyl (C=O) groups excluding carboxylic acids is 1. The van der Waals surface area contributed by atoms with Gasteiger partial charge in [-0.25, -0.2) is 0 Å². The van der Waals surface area contributed by atoms with Gasteiger partial charge in [-0.1, -0.05) is 187 Å². The molecule has 0 radical (unpaired) electrons. The Hall–Kier alpha value is -0.930. The molecule has 0 atom stereocenters. The number of esters is 1. The van der Waals surface area contributed by atoms with Gasteiger partial charge in [0.1, 0.15) is 6.61 Å². The van der Waals surface area contributed by atoms with E-state index in [0.29, 0.717) is 139 Å². The summed E-state index contributed by atoms with van der Waals surface area (Å²) in [7, 11) is 0. The van der Waals surface area contributed by atoms with Crippen molar-refractivity contribution < 1.29 is 56.9 Å². The molecule has 0 aromatic heterocycles. The van der Waals surface area contributed by atoms with Gasteiger partial charge in [-0.05, 0) is 12.8 Å². The van der Waals surface area contributed by atoms with Crippen molar-refractivity contribution in [1.82, 2.24) is 0 Å². The van der Waals surface area contributed by atoms with Crippen LogP contribution in [0.3, 0.4) is 0 Å². The first-order valence-corrected chi connectivity index (χ1v) is 27.7. The molecule has 0 amide bonds. The quantitative estimate of drug-likeness (QED) is 0.0426. The van der Waals surface area contributed by atoms with Crippen molar-refractivity contribution in [3.63, 3.8) is 0 Å². The molecule has 66 heavy (non-hydrogen) atoms. The first kappa shape index (κ1) is 65.1. The molecular weight excluding hydrogens is 841 g/mol. The first-order valence-electron chi connectivity index (χ1n) is 27.7. The summed E-state index contributed by atoms with van der Waals surface area (Å²) in [5, 5.41) is 0. The van der Waals surface area contributed by atoms with E-state index in [1.165, 1.54) is 167 Å². The lowest BCUT2D eigenvalue weighted by Crippen LogP contribution is -2.15. The molecule has 0 bridgehead atoms. The fourth-order valence-corrected chi connectivity index (χ4v) is 7.41. The van der Waals surface area contributed by atoms with E-state index in [-0.39, 0.29) is 5.97 Å². The van der Waals surface area contributed by atoms with E-state index >= 15 is 0 Å². The highest BCUT2D eigenvalue weighted by Crippen LogP contribution is 2.15. The van der Waals surface area contributed by atoms with Crippen molar-refractivity contribution in [1.29, 1.82) is 0 Å². The maximum atomic E-state index is 11.9. The number of rotatable bonds is 61. The minimum absolute atomic E-state index is 0.127. The molecule has 0 saturated carbocycles. The van der Waals surface area contributed by atoms with Gasteiger partial charge in [-0.15, -0.1) is 0 Å². The smallest absolute Gasteiger partial charge is 0.305 e. The van der Waals surface area contributed by atoms with Gasteiger partial charge in [-0.3, -0.25) is 4.79 Å². The average molecular weight is 949 g/mol. The maximum Gasteiger partial charge on any atom is 0.305 e. The van der Waals surface area contributed by atoms with Crippen LogP contribution in [0, 0.1) is 0 Å². The Bertz CT molecular complexity index is 869. The summed E-state index contributed by atoms with van der Waals surface area (Å²) in [4.78, 5) is 11.9. The molecule has 0 fully saturated rings. The third-order valence-electron chi connectivity index (χ3n) is 11.5. The molecule has 0 spiro atoms. The zero-order chi connectivity index (χ0) is 47.4. The zero-order valence-electron chi connectivity index (χ0n) is 43.5. The normalized spacial score (nSPS) is 11.6. The molecule has 0 aliphatic rings. The number of ether oxygens (including phenoxy) is 11. The molecule has 0 aromatic carbocycles. The third kappa shape index (κ3) is 61.1. The van der Waals surface area contributed by atoms with Crippen LogP contribution >= 0.6 is 0 Å². The van der Waals surface area contributed by atoms with E-state index in [4.69, 9.17) is 52.1 Å². The molecule has 0 saturated heterocycles. The first-order chi connectivity index (χ1) is 32.8. The van der Waals surface area contributed by atoms with Crippen LogP contribution in [0.25, 0.3) is 0 Å². The molecule has 0 rings (SSSR count). The van der Waals surface area contributed by atoms with Crippen LogP contribution in [0.15, 0.2) is 0 Å². The fraction of sp³-hybridized carbons (Fsp3) is 0.981. The summed E-state index contributed by atoms with van der Waals surface area (Å²) in [6.45, 7) is 15.5. The fourth-order valence-electron chi connectivity index (χ4n) is 7.41. The van der Waals surface area contributed by atoms with Crippen LogP contribution in [0.2, 0.25) is 0 Å². The van der Waals surface area contributed by atoms with Crippen molar-refractivity contribution in [2.24, 2.45) is 0 Å². The van der Waals surface area contributed by atoms with E-state index in [0.717, 1.165) is 25.9 Å². The average Bonchev–Trinajstić information content (AvgIpc) is 3.32. The van der Waals surface area contributed by atoms with Gasteiger partial charge in [0, 0.05) is 13.0 Å². The van der Waals surface area contributed by atoms with Gasteiger partial charge in [-0.2, -0.15) is 0 Å². The van der Waals surface area contributed by atoms with Crippen molar-refractivity contribution in [3.05, 3.63) is 0 Å². The monoisotopic (exact) mass is 949 g/mol. The summed E-state index contributed by atoms with van der Waals surface area (Å²) in [6, 6.07) is 0. The Morgan fingerprint density at radius 1 is 0.212 bits per heavy atom. The Kier molecular flexibility index (Phi) is 61.2. The summed E-state index contributed by atoms with van der Waals surface area (Å²) in [5.41, 5.74) is 0. The van der Waals surface area contributed by atoms with Crippen LogP contribution < -0.4 is 0 Å². The van der Waals surface area contributed by atoms with Crippen LogP contribution in [-0.2, 0) is 56.9 Å². The second-order valence-corrected chi connectivity index (χ2v) is 17.6. The number of unbranched alkanes of at least 4 members (excludes halogenated alkanes) is 27. The lowest BCUT2D eigenvalue weighted by molar-refractivity contribution is -0.145.